The summed E-state index contributed by atoms with van der Waals surface area (Å²) >= 11 is 1.58. The van der Waals surface area contributed by atoms with E-state index in [9.17, 15) is 15.0 Å². The number of aromatic hydroxyl groups is 2. The molecule has 0 spiro atoms. The van der Waals surface area contributed by atoms with Gasteiger partial charge in [0.2, 0.25) is 0 Å². The molecule has 0 unspecified atom stereocenters. The van der Waals surface area contributed by atoms with Crippen LogP contribution in [0.5, 0.6) is 17.2 Å². The van der Waals surface area contributed by atoms with Gasteiger partial charge in [-0.05, 0) is 85.6 Å². The first kappa shape index (κ1) is 22.8. The number of benzene rings is 3. The van der Waals surface area contributed by atoms with Crippen molar-refractivity contribution in [3.05, 3.63) is 83.4 Å². The topological polar surface area (TPSA) is 70.0 Å². The third-order valence-electron chi connectivity index (χ3n) is 6.66. The van der Waals surface area contributed by atoms with Crippen LogP contribution >= 0.6 is 11.8 Å². The summed E-state index contributed by atoms with van der Waals surface area (Å²) in [6.07, 6.45) is 3.86. The van der Waals surface area contributed by atoms with E-state index in [1.807, 2.05) is 42.5 Å². The van der Waals surface area contributed by atoms with E-state index in [4.69, 9.17) is 4.74 Å². The summed E-state index contributed by atoms with van der Waals surface area (Å²) in [6.45, 7) is 3.87. The SMILES string of the molecule is O=C(c1ccc(OCCN2CCCCC2)cc1)[C@H]1c2ccc(O)cc2S[C@H]1c1ccc(O)cc1. The number of phenolic OH excluding ortho intramolecular Hbond substituents is 2. The molecule has 2 N–H and O–H groups in total. The maximum Gasteiger partial charge on any atom is 0.171 e. The van der Waals surface area contributed by atoms with Crippen LogP contribution in [0.25, 0.3) is 0 Å². The number of Topliss-reactive ketones (excluding diaryl/α,β-unsaturated/α-hetero) is 1. The van der Waals surface area contributed by atoms with Crippen molar-refractivity contribution in [2.75, 3.05) is 26.2 Å². The van der Waals surface area contributed by atoms with E-state index in [0.29, 0.717) is 12.2 Å². The van der Waals surface area contributed by atoms with Gasteiger partial charge >= 0.3 is 0 Å². The molecule has 3 aromatic rings. The van der Waals surface area contributed by atoms with E-state index >= 15 is 0 Å². The number of likely N-dealkylation sites (tertiary alicyclic amines) is 1. The summed E-state index contributed by atoms with van der Waals surface area (Å²) in [5.74, 6) is 0.816. The molecule has 3 aromatic carbocycles. The molecule has 5 rings (SSSR count). The normalized spacial score (nSPS) is 20.1. The Morgan fingerprint density at radius 3 is 2.35 bits per heavy atom. The number of hydrogen-bond donors (Lipinski definition) is 2. The van der Waals surface area contributed by atoms with Gasteiger partial charge in [0.25, 0.3) is 0 Å². The van der Waals surface area contributed by atoms with Gasteiger partial charge in [-0.2, -0.15) is 0 Å². The Morgan fingerprint density at radius 2 is 1.62 bits per heavy atom. The number of ketones is 1. The van der Waals surface area contributed by atoms with Crippen LogP contribution in [0.3, 0.4) is 0 Å². The Kier molecular flexibility index (Phi) is 6.79. The zero-order chi connectivity index (χ0) is 23.5. The van der Waals surface area contributed by atoms with E-state index in [2.05, 4.69) is 4.90 Å². The van der Waals surface area contributed by atoms with Gasteiger partial charge in [0, 0.05) is 22.3 Å². The van der Waals surface area contributed by atoms with Crippen molar-refractivity contribution in [2.24, 2.45) is 0 Å². The maximum atomic E-state index is 13.7. The third-order valence-corrected chi connectivity index (χ3v) is 8.06. The zero-order valence-corrected chi connectivity index (χ0v) is 19.8. The van der Waals surface area contributed by atoms with Gasteiger partial charge in [-0.3, -0.25) is 9.69 Å². The van der Waals surface area contributed by atoms with E-state index in [1.165, 1.54) is 19.3 Å². The van der Waals surface area contributed by atoms with Crippen LogP contribution in [0.1, 0.15) is 51.9 Å². The van der Waals surface area contributed by atoms with Crippen molar-refractivity contribution in [1.29, 1.82) is 0 Å². The summed E-state index contributed by atoms with van der Waals surface area (Å²) in [7, 11) is 0. The van der Waals surface area contributed by atoms with E-state index in [0.717, 1.165) is 41.4 Å². The number of ether oxygens (including phenoxy) is 1. The lowest BCUT2D eigenvalue weighted by Gasteiger charge is -2.26. The number of fused-ring (bicyclic) bond motifs is 1. The standard InChI is InChI=1S/C28H29NO4S/c30-21-8-4-20(5-9-21)28-26(24-13-10-22(31)18-25(24)34-28)27(32)19-6-11-23(12-7-19)33-17-16-29-14-2-1-3-15-29/h4-13,18,26,28,30-31H,1-3,14-17H2/t26-,28+/m1/s1. The second kappa shape index (κ2) is 10.1. The highest BCUT2D eigenvalue weighted by molar-refractivity contribution is 8.00. The fraction of sp³-hybridized carbons (Fsp3) is 0.321. The van der Waals surface area contributed by atoms with Crippen LogP contribution in [0.2, 0.25) is 0 Å². The lowest BCUT2D eigenvalue weighted by Crippen LogP contribution is -2.33. The molecule has 1 saturated heterocycles. The molecule has 176 valence electrons. The lowest BCUT2D eigenvalue weighted by molar-refractivity contribution is 0.0958. The molecule has 2 aliphatic rings. The van der Waals surface area contributed by atoms with Gasteiger partial charge in [0.05, 0.1) is 5.92 Å². The number of hydrogen-bond acceptors (Lipinski definition) is 6. The van der Waals surface area contributed by atoms with Crippen molar-refractivity contribution >= 4 is 17.5 Å². The molecular formula is C28H29NO4S. The largest absolute Gasteiger partial charge is 0.508 e. The lowest BCUT2D eigenvalue weighted by atomic mass is 9.85. The smallest absolute Gasteiger partial charge is 0.171 e. The molecular weight excluding hydrogens is 446 g/mol. The Morgan fingerprint density at radius 1 is 0.912 bits per heavy atom. The molecule has 0 aliphatic carbocycles. The first-order valence-corrected chi connectivity index (χ1v) is 12.7. The molecule has 0 saturated carbocycles. The van der Waals surface area contributed by atoms with Crippen LogP contribution in [0, 0.1) is 0 Å². The fourth-order valence-corrected chi connectivity index (χ4v) is 6.32. The van der Waals surface area contributed by atoms with Crippen LogP contribution < -0.4 is 4.74 Å². The summed E-state index contributed by atoms with van der Waals surface area (Å²) in [6, 6.07) is 19.7. The average molecular weight is 476 g/mol. The van der Waals surface area contributed by atoms with Crippen molar-refractivity contribution in [3.63, 3.8) is 0 Å². The molecule has 5 nitrogen and oxygen atoms in total. The molecule has 2 aliphatic heterocycles. The van der Waals surface area contributed by atoms with Crippen LogP contribution in [0.4, 0.5) is 0 Å². The molecule has 0 amide bonds. The summed E-state index contributed by atoms with van der Waals surface area (Å²) in [4.78, 5) is 17.1. The first-order valence-electron chi connectivity index (χ1n) is 11.9. The van der Waals surface area contributed by atoms with Crippen LogP contribution in [0.15, 0.2) is 71.6 Å². The van der Waals surface area contributed by atoms with Crippen molar-refractivity contribution < 1.29 is 19.7 Å². The van der Waals surface area contributed by atoms with E-state index in [-0.39, 0.29) is 28.5 Å². The van der Waals surface area contributed by atoms with Crippen molar-refractivity contribution in [3.8, 4) is 17.2 Å². The van der Waals surface area contributed by atoms with Gasteiger partial charge in [-0.1, -0.05) is 24.6 Å². The number of phenols is 2. The molecule has 1 fully saturated rings. The number of piperidine rings is 1. The Balaban J connectivity index is 1.32. The second-order valence-corrected chi connectivity index (χ2v) is 10.2. The predicted octanol–water partition coefficient (Wildman–Crippen LogP) is 5.78. The molecule has 2 heterocycles. The molecule has 0 bridgehead atoms. The Labute approximate surface area is 204 Å². The molecule has 2 atom stereocenters. The summed E-state index contributed by atoms with van der Waals surface area (Å²) in [5.41, 5.74) is 2.53. The second-order valence-electron chi connectivity index (χ2n) is 8.97. The molecule has 0 aromatic heterocycles. The number of carbonyl (C=O) groups is 1. The van der Waals surface area contributed by atoms with Crippen molar-refractivity contribution in [2.45, 2.75) is 35.3 Å². The van der Waals surface area contributed by atoms with Crippen LogP contribution in [-0.4, -0.2) is 47.1 Å². The number of thioether (sulfide) groups is 1. The van der Waals surface area contributed by atoms with Gasteiger partial charge in [-0.15, -0.1) is 11.8 Å². The maximum absolute atomic E-state index is 13.7. The number of nitrogens with zero attached hydrogens (tertiary/aromatic N) is 1. The van der Waals surface area contributed by atoms with Gasteiger partial charge < -0.3 is 14.9 Å². The third kappa shape index (κ3) is 4.93. The fourth-order valence-electron chi connectivity index (χ4n) is 4.82. The minimum absolute atomic E-state index is 0.0369. The minimum atomic E-state index is -0.379. The highest BCUT2D eigenvalue weighted by Gasteiger charge is 2.39. The Hall–Kier alpha value is -2.96. The highest BCUT2D eigenvalue weighted by Crippen LogP contribution is 2.56. The monoisotopic (exact) mass is 475 g/mol. The number of rotatable bonds is 7. The number of carbonyl (C=O) groups excluding carboxylic acids is 1. The van der Waals surface area contributed by atoms with E-state index < -0.39 is 0 Å². The molecule has 6 heteroatoms. The Bertz CT molecular complexity index is 1140. The summed E-state index contributed by atoms with van der Waals surface area (Å²) < 4.78 is 5.93. The molecule has 0 radical (unpaired) electrons. The molecule has 34 heavy (non-hydrogen) atoms. The van der Waals surface area contributed by atoms with Gasteiger partial charge in [0.15, 0.2) is 5.78 Å². The minimum Gasteiger partial charge on any atom is -0.508 e. The van der Waals surface area contributed by atoms with Gasteiger partial charge in [0.1, 0.15) is 23.9 Å². The van der Waals surface area contributed by atoms with E-state index in [1.54, 1.807) is 36.0 Å². The average Bonchev–Trinajstić information content (AvgIpc) is 3.23. The quantitative estimate of drug-likeness (QED) is 0.423. The predicted molar refractivity (Wildman–Crippen MR) is 134 cm³/mol. The summed E-state index contributed by atoms with van der Waals surface area (Å²) in [5, 5.41) is 19.5. The highest BCUT2D eigenvalue weighted by atomic mass is 32.2. The van der Waals surface area contributed by atoms with Gasteiger partial charge in [-0.25, -0.2) is 0 Å². The van der Waals surface area contributed by atoms with Crippen LogP contribution in [-0.2, 0) is 0 Å². The zero-order valence-electron chi connectivity index (χ0n) is 19.0. The van der Waals surface area contributed by atoms with Crippen molar-refractivity contribution in [1.82, 2.24) is 4.90 Å². The first-order chi connectivity index (χ1) is 16.6.